The van der Waals surface area contributed by atoms with E-state index >= 15 is 0 Å². The highest BCUT2D eigenvalue weighted by atomic mass is 32.2. The zero-order valence-electron chi connectivity index (χ0n) is 26.0. The Kier molecular flexibility index (Phi) is 8.38. The van der Waals surface area contributed by atoms with Crippen LogP contribution in [0, 0.1) is 19.8 Å². The lowest BCUT2D eigenvalue weighted by atomic mass is 9.81. The normalized spacial score (nSPS) is 23.8. The summed E-state index contributed by atoms with van der Waals surface area (Å²) in [7, 11) is -2.36. The van der Waals surface area contributed by atoms with E-state index in [9.17, 15) is 13.2 Å². The topological polar surface area (TPSA) is 114 Å². The van der Waals surface area contributed by atoms with Crippen LogP contribution in [0.1, 0.15) is 54.6 Å². The third kappa shape index (κ3) is 6.05. The highest BCUT2D eigenvalue weighted by Gasteiger charge is 2.45. The number of carbonyl (C=O) groups is 1. The van der Waals surface area contributed by atoms with Crippen molar-refractivity contribution < 1.29 is 22.7 Å². The van der Waals surface area contributed by atoms with E-state index in [1.165, 1.54) is 12.1 Å². The number of nitrogens with one attached hydrogen (secondary N) is 1. The first-order valence-corrected chi connectivity index (χ1v) is 16.8. The number of fused-ring (bicyclic) bond motifs is 4. The molecule has 1 amide bonds. The number of aryl methyl sites for hydroxylation is 2. The van der Waals surface area contributed by atoms with E-state index in [1.54, 1.807) is 25.3 Å². The van der Waals surface area contributed by atoms with Gasteiger partial charge in [-0.25, -0.2) is 18.1 Å². The van der Waals surface area contributed by atoms with Crippen LogP contribution in [0.25, 0.3) is 11.3 Å². The molecular weight excluding hydrogens is 578 g/mol. The van der Waals surface area contributed by atoms with Gasteiger partial charge in [-0.1, -0.05) is 38.1 Å². The number of amides is 1. The van der Waals surface area contributed by atoms with Gasteiger partial charge in [0.05, 0.1) is 22.7 Å². The predicted octanol–water partition coefficient (Wildman–Crippen LogP) is 4.67. The second-order valence-corrected chi connectivity index (χ2v) is 14.4. The molecule has 1 aromatic heterocycles. The highest BCUT2D eigenvalue weighted by Crippen LogP contribution is 2.37. The minimum Gasteiger partial charge on any atom is -0.475 e. The minimum atomic E-state index is -4.11. The van der Waals surface area contributed by atoms with Crippen molar-refractivity contribution in [3.63, 3.8) is 0 Å². The quantitative estimate of drug-likeness (QED) is 0.424. The number of sulfonamides is 1. The maximum atomic E-state index is 14.3. The lowest BCUT2D eigenvalue weighted by Gasteiger charge is -2.53. The van der Waals surface area contributed by atoms with Gasteiger partial charge >= 0.3 is 0 Å². The molecule has 0 unspecified atom stereocenters. The van der Waals surface area contributed by atoms with Gasteiger partial charge in [-0.2, -0.15) is 4.98 Å². The number of aromatic nitrogens is 2. The average Bonchev–Trinajstić information content (AvgIpc) is 2.92. The Balaban J connectivity index is 1.41. The van der Waals surface area contributed by atoms with Gasteiger partial charge in [-0.05, 0) is 68.4 Å². The van der Waals surface area contributed by atoms with Crippen LogP contribution in [-0.4, -0.2) is 85.1 Å². The van der Waals surface area contributed by atoms with E-state index in [4.69, 9.17) is 9.47 Å². The maximum Gasteiger partial charge on any atom is 0.264 e. The van der Waals surface area contributed by atoms with Crippen LogP contribution < -0.4 is 9.46 Å². The second-order valence-electron chi connectivity index (χ2n) is 12.7. The molecule has 2 aromatic carbocycles. The third-order valence-corrected chi connectivity index (χ3v) is 10.4. The molecule has 0 radical (unpaired) electrons. The van der Waals surface area contributed by atoms with Gasteiger partial charge in [0.15, 0.2) is 0 Å². The number of hydrogen-bond donors (Lipinski definition) is 1. The zero-order valence-corrected chi connectivity index (χ0v) is 26.8. The third-order valence-electron chi connectivity index (χ3n) is 9.06. The van der Waals surface area contributed by atoms with Crippen LogP contribution in [0.2, 0.25) is 0 Å². The van der Waals surface area contributed by atoms with E-state index in [0.29, 0.717) is 23.2 Å². The van der Waals surface area contributed by atoms with Gasteiger partial charge in [0, 0.05) is 49.5 Å². The van der Waals surface area contributed by atoms with Crippen LogP contribution in [0.3, 0.4) is 0 Å². The number of rotatable bonds is 6. The smallest absolute Gasteiger partial charge is 0.264 e. The fraction of sp³-hybridized carbons (Fsp3) is 0.485. The Morgan fingerprint density at radius 2 is 1.73 bits per heavy atom. The summed E-state index contributed by atoms with van der Waals surface area (Å²) >= 11 is 0. The van der Waals surface area contributed by atoms with Gasteiger partial charge in [0.2, 0.25) is 11.8 Å². The van der Waals surface area contributed by atoms with Crippen molar-refractivity contribution in [3.05, 3.63) is 65.2 Å². The molecule has 3 aliphatic rings. The van der Waals surface area contributed by atoms with Crippen molar-refractivity contribution in [2.45, 2.75) is 76.1 Å². The lowest BCUT2D eigenvalue weighted by Crippen LogP contribution is -2.64. The molecule has 234 valence electrons. The Morgan fingerprint density at radius 3 is 2.41 bits per heavy atom. The van der Waals surface area contributed by atoms with Gasteiger partial charge in [-0.15, -0.1) is 0 Å². The second kappa shape index (κ2) is 12.1. The van der Waals surface area contributed by atoms with Crippen LogP contribution in [0.15, 0.2) is 53.4 Å². The first kappa shape index (κ1) is 30.5. The molecular formula is C33H41N5O5S. The number of benzene rings is 2. The molecule has 3 aromatic rings. The SMILES string of the molecule is COC1CN([C@H]2C[C@@H](N3C(=O)c4cccc(c4)S(=O)(=O)Nc4nc(cc(-c5c(C)cccc5C)n4)OC[C@H]3CC(C)C)C2)C1. The number of nitrogens with zero attached hydrogens (tertiary/aromatic N) is 4. The lowest BCUT2D eigenvalue weighted by molar-refractivity contribution is -0.0858. The van der Waals surface area contributed by atoms with Crippen molar-refractivity contribution >= 4 is 21.9 Å². The first-order valence-electron chi connectivity index (χ1n) is 15.3. The average molecular weight is 620 g/mol. The van der Waals surface area contributed by atoms with E-state index in [1.807, 2.05) is 36.9 Å². The molecule has 1 saturated carbocycles. The molecule has 1 aliphatic carbocycles. The molecule has 1 N–H and O–H groups in total. The Hall–Kier alpha value is -3.54. The first-order chi connectivity index (χ1) is 21.0. The van der Waals surface area contributed by atoms with Crippen molar-refractivity contribution in [1.82, 2.24) is 19.8 Å². The van der Waals surface area contributed by atoms with Gasteiger partial charge in [-0.3, -0.25) is 9.69 Å². The van der Waals surface area contributed by atoms with E-state index < -0.39 is 10.0 Å². The van der Waals surface area contributed by atoms with E-state index in [-0.39, 0.29) is 47.4 Å². The van der Waals surface area contributed by atoms with Crippen LogP contribution in [0.5, 0.6) is 5.88 Å². The van der Waals surface area contributed by atoms with Gasteiger partial charge in [0.25, 0.3) is 15.9 Å². The highest BCUT2D eigenvalue weighted by molar-refractivity contribution is 7.92. The summed E-state index contributed by atoms with van der Waals surface area (Å²) in [6, 6.07) is 14.1. The Labute approximate surface area is 259 Å². The molecule has 2 fully saturated rings. The molecule has 11 heteroatoms. The maximum absolute atomic E-state index is 14.3. The summed E-state index contributed by atoms with van der Waals surface area (Å²) in [4.78, 5) is 27.7. The van der Waals surface area contributed by atoms with Crippen molar-refractivity contribution in [1.29, 1.82) is 0 Å². The number of likely N-dealkylation sites (tertiary alicyclic amines) is 1. The zero-order chi connectivity index (χ0) is 31.2. The monoisotopic (exact) mass is 619 g/mol. The fourth-order valence-electron chi connectivity index (χ4n) is 6.63. The summed E-state index contributed by atoms with van der Waals surface area (Å²) in [5.74, 6) is 0.272. The minimum absolute atomic E-state index is 0.0103. The Bertz CT molecular complexity index is 1630. The number of hydrogen-bond acceptors (Lipinski definition) is 8. The van der Waals surface area contributed by atoms with Crippen LogP contribution in [0.4, 0.5) is 5.95 Å². The van der Waals surface area contributed by atoms with Crippen molar-refractivity contribution in [2.75, 3.05) is 31.5 Å². The number of anilines is 1. The fourth-order valence-corrected chi connectivity index (χ4v) is 7.62. The largest absolute Gasteiger partial charge is 0.475 e. The molecule has 1 saturated heterocycles. The molecule has 44 heavy (non-hydrogen) atoms. The van der Waals surface area contributed by atoms with E-state index in [2.05, 4.69) is 33.4 Å². The molecule has 10 nitrogen and oxygen atoms in total. The number of carbonyl (C=O) groups excluding carboxylic acids is 1. The molecule has 0 spiro atoms. The molecule has 4 bridgehead atoms. The van der Waals surface area contributed by atoms with Gasteiger partial charge in [0.1, 0.15) is 6.61 Å². The van der Waals surface area contributed by atoms with Crippen molar-refractivity contribution in [3.8, 4) is 17.1 Å². The molecule has 1 atom stereocenters. The van der Waals surface area contributed by atoms with Crippen LogP contribution >= 0.6 is 0 Å². The summed E-state index contributed by atoms with van der Waals surface area (Å²) in [5, 5.41) is 0. The van der Waals surface area contributed by atoms with Crippen molar-refractivity contribution in [2.24, 2.45) is 5.92 Å². The predicted molar refractivity (Wildman–Crippen MR) is 168 cm³/mol. The van der Waals surface area contributed by atoms with E-state index in [0.717, 1.165) is 49.0 Å². The molecule has 6 rings (SSSR count). The molecule has 2 aliphatic heterocycles. The number of ether oxygens (including phenoxy) is 2. The summed E-state index contributed by atoms with van der Waals surface area (Å²) in [6.07, 6.45) is 2.70. The summed E-state index contributed by atoms with van der Waals surface area (Å²) < 4.78 is 41.6. The summed E-state index contributed by atoms with van der Waals surface area (Å²) in [5.41, 5.74) is 3.79. The number of methoxy groups -OCH3 is 1. The van der Waals surface area contributed by atoms with Gasteiger partial charge < -0.3 is 14.4 Å². The molecule has 3 heterocycles. The standard InChI is InChI=1S/C33H41N5O5S/c1-20(2)12-26-19-43-30-16-29(31-21(3)8-6-9-22(31)4)34-33(35-30)36-44(40,41)28-11-7-10-23(13-28)32(39)38(26)25-14-24(15-25)37-17-27(18-37)42-5/h6-11,13,16,20,24-27H,12,14-15,17-19H2,1-5H3,(H,34,35,36)/t24-,25+,26-/m1/s1. The Morgan fingerprint density at radius 1 is 1.02 bits per heavy atom. The van der Waals surface area contributed by atoms with Crippen LogP contribution in [-0.2, 0) is 14.8 Å². The summed E-state index contributed by atoms with van der Waals surface area (Å²) in [6.45, 7) is 10.3.